The largest absolute Gasteiger partial charge is 0.504 e. The van der Waals surface area contributed by atoms with Crippen molar-refractivity contribution in [1.29, 1.82) is 0 Å². The second-order valence-electron chi connectivity index (χ2n) is 23.9. The van der Waals surface area contributed by atoms with Crippen molar-refractivity contribution in [3.8, 4) is 138 Å². The molecule has 0 saturated heterocycles. The van der Waals surface area contributed by atoms with E-state index in [-0.39, 0.29) is 181 Å². The SMILES string of the molecule is O=C(c1cc(O)c(O)c(Br)c1)c1cc(O)c(O)c(Br)c1.O=C(c1cc(O)c(O)cc1Br)c1c(Br)cc(O)c(O)c1Br.O=C(c1cc(O)c(O)cc1Br)c1cc(Br)c(O)c(O)c1Br.O=C(c1cc(O)c(O)cc1Br)c1ccc(O)c(O)c1Br.O=C(c1ccc(O)c(O)c1)c1ccc(O)c(O)c1Br.O=C(c1ccc(O)c(O)c1Br)c1cc(O)c(O)c(Br)c1Br. The quantitative estimate of drug-likeness (QED) is 0.0399. The molecule has 122 heavy (non-hydrogen) atoms. The highest BCUT2D eigenvalue weighted by Gasteiger charge is 2.29. The van der Waals surface area contributed by atoms with Crippen LogP contribution in [-0.4, -0.2) is 157 Å². The lowest BCUT2D eigenvalue weighted by atomic mass is 10.0. The van der Waals surface area contributed by atoms with Gasteiger partial charge in [0, 0.05) is 83.6 Å². The molecule has 636 valence electrons. The molecule has 0 aliphatic heterocycles. The lowest BCUT2D eigenvalue weighted by Crippen LogP contribution is -2.05. The Bertz CT molecular complexity index is 6120. The van der Waals surface area contributed by atoms with Crippen LogP contribution in [0.15, 0.2) is 196 Å². The molecule has 12 rings (SSSR count). The minimum Gasteiger partial charge on any atom is -0.504 e. The molecule has 0 heterocycles. The number of hydrogen-bond acceptors (Lipinski definition) is 30. The molecule has 0 aromatic heterocycles. The van der Waals surface area contributed by atoms with Gasteiger partial charge in [-0.2, -0.15) is 0 Å². The molecule has 0 amide bonds. The summed E-state index contributed by atoms with van der Waals surface area (Å²) < 4.78 is 2.13. The van der Waals surface area contributed by atoms with E-state index in [1.165, 1.54) is 91.0 Å². The number of phenols is 24. The zero-order chi connectivity index (χ0) is 91.9. The number of carbonyl (C=O) groups excluding carboxylic acids is 6. The normalized spacial score (nSPS) is 10.5. The van der Waals surface area contributed by atoms with Gasteiger partial charge in [-0.05, 0) is 356 Å². The maximum atomic E-state index is 12.6. The van der Waals surface area contributed by atoms with Crippen molar-refractivity contribution in [3.05, 3.63) is 263 Å². The van der Waals surface area contributed by atoms with Gasteiger partial charge in [0.15, 0.2) is 173 Å². The van der Waals surface area contributed by atoms with Crippen molar-refractivity contribution in [2.24, 2.45) is 0 Å². The Balaban J connectivity index is 0.000000202. The minimum atomic E-state index is -0.536. The van der Waals surface area contributed by atoms with Crippen molar-refractivity contribution >= 4 is 258 Å². The van der Waals surface area contributed by atoms with Gasteiger partial charge < -0.3 is 123 Å². The molecule has 44 heteroatoms. The number of ketones is 6. The molecule has 0 atom stereocenters. The molecule has 12 aromatic carbocycles. The number of aromatic hydroxyl groups is 24. The number of hydrogen-bond donors (Lipinski definition) is 24. The predicted molar refractivity (Wildman–Crippen MR) is 486 cm³/mol. The summed E-state index contributed by atoms with van der Waals surface area (Å²) >= 11 is 43.0. The molecular weight excluding hydrogens is 2540 g/mol. The van der Waals surface area contributed by atoms with Crippen LogP contribution in [0.5, 0.6) is 138 Å². The second kappa shape index (κ2) is 41.8. The lowest BCUT2D eigenvalue weighted by molar-refractivity contribution is 0.102. The van der Waals surface area contributed by atoms with E-state index in [0.717, 1.165) is 42.5 Å². The maximum absolute atomic E-state index is 12.6. The van der Waals surface area contributed by atoms with Crippen molar-refractivity contribution < 1.29 is 151 Å². The van der Waals surface area contributed by atoms with Gasteiger partial charge in [0.05, 0.1) is 45.8 Å². The van der Waals surface area contributed by atoms with Gasteiger partial charge in [-0.25, -0.2) is 0 Å². The van der Waals surface area contributed by atoms with E-state index in [9.17, 15) is 151 Å². The van der Waals surface area contributed by atoms with E-state index in [1.54, 1.807) is 0 Å². The number of carbonyl (C=O) groups is 6. The van der Waals surface area contributed by atoms with Gasteiger partial charge >= 0.3 is 0 Å². The Kier molecular flexibility index (Phi) is 34.2. The highest BCUT2D eigenvalue weighted by molar-refractivity contribution is 9.13. The van der Waals surface area contributed by atoms with E-state index in [0.29, 0.717) is 0 Å². The first-order chi connectivity index (χ1) is 56.8. The number of benzene rings is 12. The fraction of sp³-hybridized carbons (Fsp3) is 0. The van der Waals surface area contributed by atoms with Crippen molar-refractivity contribution in [3.63, 3.8) is 0 Å². The van der Waals surface area contributed by atoms with E-state index in [4.69, 9.17) is 0 Å². The molecule has 30 nitrogen and oxygen atoms in total. The summed E-state index contributed by atoms with van der Waals surface area (Å²) in [6.07, 6.45) is 0. The lowest BCUT2D eigenvalue weighted by Gasteiger charge is -2.11. The van der Waals surface area contributed by atoms with E-state index >= 15 is 0 Å². The van der Waals surface area contributed by atoms with Gasteiger partial charge in [0.2, 0.25) is 0 Å². The smallest absolute Gasteiger partial charge is 0.196 e. The molecular formula is C78H46Br14O30. The summed E-state index contributed by atoms with van der Waals surface area (Å²) in [6.45, 7) is 0. The highest BCUT2D eigenvalue weighted by Crippen LogP contribution is 2.49. The molecule has 0 unspecified atom stereocenters. The molecule has 0 spiro atoms. The molecule has 0 aliphatic carbocycles. The molecule has 0 fully saturated rings. The van der Waals surface area contributed by atoms with Crippen LogP contribution in [0.4, 0.5) is 0 Å². The average Bonchev–Trinajstić information content (AvgIpc) is 0.721. The zero-order valence-electron chi connectivity index (χ0n) is 59.2. The second-order valence-corrected chi connectivity index (χ2v) is 35.5. The minimum absolute atomic E-state index is 0.0128. The molecule has 0 bridgehead atoms. The van der Waals surface area contributed by atoms with E-state index < -0.39 is 121 Å². The average molecular weight is 2580 g/mol. The van der Waals surface area contributed by atoms with Crippen molar-refractivity contribution in [1.82, 2.24) is 0 Å². The Hall–Kier alpha value is -9.42. The van der Waals surface area contributed by atoms with Crippen molar-refractivity contribution in [2.75, 3.05) is 0 Å². The third kappa shape index (κ3) is 22.6. The first-order valence-electron chi connectivity index (χ1n) is 32.0. The monoisotopic (exact) mass is 2570 g/mol. The van der Waals surface area contributed by atoms with Gasteiger partial charge in [-0.1, -0.05) is 0 Å². The van der Waals surface area contributed by atoms with Gasteiger partial charge in [0.25, 0.3) is 0 Å². The predicted octanol–water partition coefficient (Wildman–Crippen LogP) is 21.1. The Morgan fingerprint density at radius 3 is 0.820 bits per heavy atom. The Morgan fingerprint density at radius 1 is 0.156 bits per heavy atom. The fourth-order valence-electron chi connectivity index (χ4n) is 9.69. The fourth-order valence-corrected chi connectivity index (χ4v) is 16.9. The van der Waals surface area contributed by atoms with Crippen LogP contribution >= 0.6 is 223 Å². The van der Waals surface area contributed by atoms with Crippen LogP contribution in [0.3, 0.4) is 0 Å². The molecule has 0 aliphatic rings. The summed E-state index contributed by atoms with van der Waals surface area (Å²) in [4.78, 5) is 74.4. The molecule has 12 aromatic rings. The van der Waals surface area contributed by atoms with Crippen molar-refractivity contribution in [2.45, 2.75) is 0 Å². The van der Waals surface area contributed by atoms with E-state index in [2.05, 4.69) is 223 Å². The maximum Gasteiger partial charge on any atom is 0.196 e. The zero-order valence-corrected chi connectivity index (χ0v) is 81.4. The third-order valence-corrected chi connectivity index (χ3v) is 26.5. The van der Waals surface area contributed by atoms with Gasteiger partial charge in [-0.15, -0.1) is 0 Å². The molecule has 0 radical (unpaired) electrons. The summed E-state index contributed by atoms with van der Waals surface area (Å²) in [5, 5.41) is 227. The first kappa shape index (κ1) is 99.7. The van der Waals surface area contributed by atoms with Crippen LogP contribution in [0.2, 0.25) is 0 Å². The topological polar surface area (TPSA) is 588 Å². The van der Waals surface area contributed by atoms with Crippen LogP contribution in [0.25, 0.3) is 0 Å². The van der Waals surface area contributed by atoms with Crippen LogP contribution in [0, 0.1) is 0 Å². The summed E-state index contributed by atoms with van der Waals surface area (Å²) in [6, 6.07) is 26.6. The number of rotatable bonds is 12. The number of phenolic OH excluding ortho intramolecular Hbond substituents is 24. The standard InChI is InChI=1S/3C13H7Br3O5.2C13H8Br2O5.C13H9BrO5/c14-6-3-9(18)8(17)2-4(6)11(19)5-1-7(15)12(20)13(21)10(5)16;14-5-2-8(18)7(17)1-4(5)12(20)10-6(15)3-9(19)13(21)11(10)16;14-8-5(3-7(18)13(21)10(8)16)11(19)4-1-2-6(17)12(20)9(4)15;14-7-1-5(3-9(16)12(7)19)11(18)6-2-8(15)13(20)10(17)4-6;14-7-4-10(18)9(17)3-6(7)12(19)5-1-2-8(16)13(20)11(5)15;14-11-7(2-4-9(16)13(11)19)12(18)6-1-3-8(15)10(17)5-6/h1-3,17-18,20-21H;1-3,17-19,21H;1-3,17-18,20-21H;1-4,16-17,19-20H;1-4,16-18,20H;1-5,15-17,19H. The third-order valence-electron chi connectivity index (χ3n) is 16.0. The molecule has 24 N–H and O–H groups in total. The summed E-state index contributed by atoms with van der Waals surface area (Å²) in [5.41, 5.74) is 1.16. The number of halogens is 14. The van der Waals surface area contributed by atoms with Crippen LogP contribution < -0.4 is 0 Å². The summed E-state index contributed by atoms with van der Waals surface area (Å²) in [7, 11) is 0. The Morgan fingerprint density at radius 2 is 0.426 bits per heavy atom. The van der Waals surface area contributed by atoms with Gasteiger partial charge in [0.1, 0.15) is 0 Å². The summed E-state index contributed by atoms with van der Waals surface area (Å²) in [5.74, 6) is -12.9. The van der Waals surface area contributed by atoms with Crippen LogP contribution in [0.1, 0.15) is 95.5 Å². The highest BCUT2D eigenvalue weighted by atomic mass is 79.9. The first-order valence-corrected chi connectivity index (χ1v) is 43.1. The van der Waals surface area contributed by atoms with E-state index in [1.807, 2.05) is 0 Å². The van der Waals surface area contributed by atoms with Gasteiger partial charge in [-0.3, -0.25) is 28.8 Å². The molecule has 0 saturated carbocycles. The van der Waals surface area contributed by atoms with Crippen LogP contribution in [-0.2, 0) is 0 Å². The Labute approximate surface area is 800 Å².